The lowest BCUT2D eigenvalue weighted by Crippen LogP contribution is -2.47. The molecule has 0 aliphatic heterocycles. The predicted molar refractivity (Wildman–Crippen MR) is 88.5 cm³/mol. The summed E-state index contributed by atoms with van der Waals surface area (Å²) < 4.78 is 10.5. The van der Waals surface area contributed by atoms with Gasteiger partial charge in [-0.3, -0.25) is 9.59 Å². The molecule has 1 aliphatic carbocycles. The van der Waals surface area contributed by atoms with Gasteiger partial charge in [-0.05, 0) is 43.4 Å². The van der Waals surface area contributed by atoms with E-state index in [0.29, 0.717) is 24.4 Å². The number of amides is 1. The number of carbonyl (C=O) groups excluding carboxylic acids is 2. The average Bonchev–Trinajstić information content (AvgIpc) is 2.55. The van der Waals surface area contributed by atoms with Gasteiger partial charge in [0.05, 0.1) is 5.56 Å². The van der Waals surface area contributed by atoms with E-state index in [1.165, 1.54) is 19.1 Å². The summed E-state index contributed by atoms with van der Waals surface area (Å²) in [7, 11) is 1.56. The van der Waals surface area contributed by atoms with Gasteiger partial charge in [0.15, 0.2) is 0 Å². The van der Waals surface area contributed by atoms with Crippen LogP contribution in [0.15, 0.2) is 18.2 Å². The van der Waals surface area contributed by atoms with Crippen LogP contribution >= 0.6 is 0 Å². The fourth-order valence-corrected chi connectivity index (χ4v) is 3.17. The third-order valence-corrected chi connectivity index (χ3v) is 4.37. The van der Waals surface area contributed by atoms with Gasteiger partial charge in [-0.15, -0.1) is 0 Å². The Morgan fingerprint density at radius 3 is 2.75 bits per heavy atom. The Bertz CT molecular complexity index is 680. The summed E-state index contributed by atoms with van der Waals surface area (Å²) >= 11 is 0. The predicted octanol–water partition coefficient (Wildman–Crippen LogP) is 3.02. The fourth-order valence-electron chi connectivity index (χ4n) is 3.17. The first kappa shape index (κ1) is 18.0. The lowest BCUT2D eigenvalue weighted by atomic mass is 9.78. The van der Waals surface area contributed by atoms with Crippen LogP contribution in [0.2, 0.25) is 0 Å². The molecule has 0 heterocycles. The molecule has 6 nitrogen and oxygen atoms in total. The van der Waals surface area contributed by atoms with E-state index in [2.05, 4.69) is 12.2 Å². The molecule has 24 heavy (non-hydrogen) atoms. The van der Waals surface area contributed by atoms with E-state index in [9.17, 15) is 14.9 Å². The molecule has 0 aromatic heterocycles. The Labute approximate surface area is 141 Å². The first-order chi connectivity index (χ1) is 11.4. The van der Waals surface area contributed by atoms with Gasteiger partial charge in [-0.2, -0.15) is 5.26 Å². The number of benzene rings is 1. The van der Waals surface area contributed by atoms with E-state index in [4.69, 9.17) is 9.47 Å². The molecule has 128 valence electrons. The van der Waals surface area contributed by atoms with Gasteiger partial charge >= 0.3 is 5.97 Å². The van der Waals surface area contributed by atoms with Gasteiger partial charge in [-0.1, -0.05) is 13.3 Å². The minimum Gasteiger partial charge on any atom is -0.425 e. The lowest BCUT2D eigenvalue weighted by Gasteiger charge is -2.37. The molecule has 2 unspecified atom stereocenters. The molecule has 0 spiro atoms. The van der Waals surface area contributed by atoms with Crippen molar-refractivity contribution in [1.82, 2.24) is 0 Å². The number of rotatable bonds is 4. The van der Waals surface area contributed by atoms with Crippen LogP contribution in [0.5, 0.6) is 5.75 Å². The summed E-state index contributed by atoms with van der Waals surface area (Å²) in [6, 6.07) is 6.56. The first-order valence-corrected chi connectivity index (χ1v) is 7.99. The van der Waals surface area contributed by atoms with E-state index >= 15 is 0 Å². The van der Waals surface area contributed by atoms with E-state index in [1.54, 1.807) is 13.2 Å². The molecule has 0 bridgehead atoms. The number of hydrogen-bond donors (Lipinski definition) is 1. The highest BCUT2D eigenvalue weighted by Gasteiger charge is 2.42. The Kier molecular flexibility index (Phi) is 5.58. The maximum absolute atomic E-state index is 12.7. The number of nitriles is 1. The zero-order valence-electron chi connectivity index (χ0n) is 14.2. The van der Waals surface area contributed by atoms with Crippen molar-refractivity contribution < 1.29 is 19.1 Å². The number of methoxy groups -OCH3 is 1. The van der Waals surface area contributed by atoms with Crippen LogP contribution < -0.4 is 10.1 Å². The van der Waals surface area contributed by atoms with Gasteiger partial charge in [-0.25, -0.2) is 0 Å². The van der Waals surface area contributed by atoms with Crippen molar-refractivity contribution in [2.24, 2.45) is 5.92 Å². The number of nitrogens with one attached hydrogen (secondary N) is 1. The molecule has 1 aliphatic rings. The smallest absolute Gasteiger partial charge is 0.308 e. The molecule has 1 aromatic rings. The quantitative estimate of drug-likeness (QED) is 0.677. The van der Waals surface area contributed by atoms with Crippen LogP contribution in [-0.4, -0.2) is 24.6 Å². The fraction of sp³-hybridized carbons (Fsp3) is 0.500. The summed E-state index contributed by atoms with van der Waals surface area (Å²) in [5.41, 5.74) is -0.174. The standard InChI is InChI=1S/C18H22N2O4/c1-12-5-4-8-18(10-12,23-3)17(22)20-15-6-7-16(24-13(2)21)14(9-15)11-19/h6-7,9,12H,4-5,8,10H2,1-3H3,(H,20,22). The second-order valence-electron chi connectivity index (χ2n) is 6.27. The third kappa shape index (κ3) is 3.92. The number of anilines is 1. The highest BCUT2D eigenvalue weighted by Crippen LogP contribution is 2.36. The SMILES string of the molecule is COC1(C(=O)Nc2ccc(OC(C)=O)c(C#N)c2)CCCC(C)C1. The van der Waals surface area contributed by atoms with Crippen molar-refractivity contribution >= 4 is 17.6 Å². The highest BCUT2D eigenvalue weighted by atomic mass is 16.5. The van der Waals surface area contributed by atoms with E-state index < -0.39 is 11.6 Å². The largest absolute Gasteiger partial charge is 0.425 e. The number of esters is 1. The second kappa shape index (κ2) is 7.45. The Hall–Kier alpha value is -2.39. The van der Waals surface area contributed by atoms with E-state index in [-0.39, 0.29) is 17.2 Å². The molecular formula is C18H22N2O4. The summed E-state index contributed by atoms with van der Waals surface area (Å²) in [5.74, 6) is -0.111. The third-order valence-electron chi connectivity index (χ3n) is 4.37. The molecular weight excluding hydrogens is 308 g/mol. The average molecular weight is 330 g/mol. The summed E-state index contributed by atoms with van der Waals surface area (Å²) in [6.07, 6.45) is 3.38. The molecule has 2 atom stereocenters. The van der Waals surface area contributed by atoms with Gasteiger partial charge in [0.1, 0.15) is 17.4 Å². The zero-order valence-corrected chi connectivity index (χ0v) is 14.2. The maximum atomic E-state index is 12.7. The minimum absolute atomic E-state index is 0.177. The Balaban J connectivity index is 2.19. The van der Waals surface area contributed by atoms with Crippen molar-refractivity contribution in [3.8, 4) is 11.8 Å². The molecule has 1 saturated carbocycles. The maximum Gasteiger partial charge on any atom is 0.308 e. The summed E-state index contributed by atoms with van der Waals surface area (Å²) in [5, 5.41) is 12.0. The summed E-state index contributed by atoms with van der Waals surface area (Å²) in [6.45, 7) is 3.38. The molecule has 1 N–H and O–H groups in total. The first-order valence-electron chi connectivity index (χ1n) is 7.99. The molecule has 2 rings (SSSR count). The van der Waals surface area contributed by atoms with E-state index in [0.717, 1.165) is 12.8 Å². The second-order valence-corrected chi connectivity index (χ2v) is 6.27. The highest BCUT2D eigenvalue weighted by molar-refractivity contribution is 5.97. The normalized spacial score (nSPS) is 23.2. The van der Waals surface area contributed by atoms with Crippen molar-refractivity contribution in [2.75, 3.05) is 12.4 Å². The van der Waals surface area contributed by atoms with Gasteiger partial charge in [0.25, 0.3) is 5.91 Å². The van der Waals surface area contributed by atoms with Gasteiger partial charge in [0.2, 0.25) is 0 Å². The molecule has 1 aromatic carbocycles. The van der Waals surface area contributed by atoms with Crippen LogP contribution in [0.4, 0.5) is 5.69 Å². The van der Waals surface area contributed by atoms with Crippen LogP contribution in [0, 0.1) is 17.2 Å². The number of nitrogens with zero attached hydrogens (tertiary/aromatic N) is 1. The summed E-state index contributed by atoms with van der Waals surface area (Å²) in [4.78, 5) is 23.8. The zero-order chi connectivity index (χ0) is 17.7. The number of ether oxygens (including phenoxy) is 2. The molecule has 0 saturated heterocycles. The van der Waals surface area contributed by atoms with Crippen LogP contribution in [-0.2, 0) is 14.3 Å². The Morgan fingerprint density at radius 1 is 1.42 bits per heavy atom. The van der Waals surface area contributed by atoms with E-state index in [1.807, 2.05) is 6.07 Å². The lowest BCUT2D eigenvalue weighted by molar-refractivity contribution is -0.143. The molecule has 6 heteroatoms. The van der Waals surface area contributed by atoms with Crippen molar-refractivity contribution in [1.29, 1.82) is 5.26 Å². The monoisotopic (exact) mass is 330 g/mol. The minimum atomic E-state index is -0.834. The topological polar surface area (TPSA) is 88.4 Å². The van der Waals surface area contributed by atoms with Crippen LogP contribution in [0.25, 0.3) is 0 Å². The van der Waals surface area contributed by atoms with Gasteiger partial charge in [0, 0.05) is 19.7 Å². The van der Waals surface area contributed by atoms with Crippen molar-refractivity contribution in [3.05, 3.63) is 23.8 Å². The van der Waals surface area contributed by atoms with Gasteiger partial charge < -0.3 is 14.8 Å². The molecule has 1 fully saturated rings. The number of carbonyl (C=O) groups is 2. The number of hydrogen-bond acceptors (Lipinski definition) is 5. The van der Waals surface area contributed by atoms with Crippen molar-refractivity contribution in [2.45, 2.75) is 45.1 Å². The molecule has 0 radical (unpaired) electrons. The van der Waals surface area contributed by atoms with Crippen molar-refractivity contribution in [3.63, 3.8) is 0 Å². The van der Waals surface area contributed by atoms with Crippen LogP contribution in [0.3, 0.4) is 0 Å². The molecule has 1 amide bonds. The van der Waals surface area contributed by atoms with Crippen LogP contribution in [0.1, 0.15) is 45.1 Å². The Morgan fingerprint density at radius 2 is 2.17 bits per heavy atom.